The highest BCUT2D eigenvalue weighted by Crippen LogP contribution is 2.43. The molecule has 1 aromatic carbocycles. The van der Waals surface area contributed by atoms with Crippen LogP contribution in [0.15, 0.2) is 49.1 Å². The van der Waals surface area contributed by atoms with Crippen molar-refractivity contribution in [1.82, 2.24) is 19.7 Å². The van der Waals surface area contributed by atoms with Gasteiger partial charge < -0.3 is 11.1 Å². The molecule has 0 aliphatic heterocycles. The van der Waals surface area contributed by atoms with E-state index in [0.29, 0.717) is 23.2 Å². The molecule has 3 aromatic rings. The fraction of sp³-hybridized carbons (Fsp3) is 0.188. The second-order valence-electron chi connectivity index (χ2n) is 5.55. The van der Waals surface area contributed by atoms with E-state index in [2.05, 4.69) is 20.4 Å². The van der Waals surface area contributed by atoms with Crippen molar-refractivity contribution < 1.29 is 4.39 Å². The van der Waals surface area contributed by atoms with E-state index >= 15 is 0 Å². The summed E-state index contributed by atoms with van der Waals surface area (Å²) in [6.07, 6.45) is 5.87. The van der Waals surface area contributed by atoms with Gasteiger partial charge in [-0.2, -0.15) is 5.10 Å². The number of nitrogen functional groups attached to an aromatic ring is 1. The van der Waals surface area contributed by atoms with Gasteiger partial charge >= 0.3 is 0 Å². The molecule has 1 aliphatic rings. The second kappa shape index (κ2) is 5.35. The van der Waals surface area contributed by atoms with Crippen LogP contribution in [-0.4, -0.2) is 25.8 Å². The van der Waals surface area contributed by atoms with Crippen LogP contribution in [0.25, 0.3) is 5.82 Å². The molecule has 2 aromatic heterocycles. The van der Waals surface area contributed by atoms with Gasteiger partial charge in [-0.1, -0.05) is 12.1 Å². The van der Waals surface area contributed by atoms with Crippen LogP contribution in [-0.2, 0) is 0 Å². The van der Waals surface area contributed by atoms with Crippen LogP contribution in [0, 0.1) is 5.82 Å². The molecule has 2 atom stereocenters. The predicted molar refractivity (Wildman–Crippen MR) is 84.7 cm³/mol. The van der Waals surface area contributed by atoms with Gasteiger partial charge in [-0.15, -0.1) is 0 Å². The highest BCUT2D eigenvalue weighted by Gasteiger charge is 2.39. The Kier molecular flexibility index (Phi) is 3.18. The predicted octanol–water partition coefficient (Wildman–Crippen LogP) is 2.35. The van der Waals surface area contributed by atoms with Crippen LogP contribution in [0.3, 0.4) is 0 Å². The van der Waals surface area contributed by atoms with Crippen molar-refractivity contribution in [3.63, 3.8) is 0 Å². The van der Waals surface area contributed by atoms with Gasteiger partial charge in [0, 0.05) is 24.4 Å². The first-order valence-corrected chi connectivity index (χ1v) is 7.35. The van der Waals surface area contributed by atoms with Crippen molar-refractivity contribution in [2.24, 2.45) is 0 Å². The number of nitrogens with one attached hydrogen (secondary N) is 1. The number of nitrogens with zero attached hydrogens (tertiary/aromatic N) is 4. The van der Waals surface area contributed by atoms with Crippen molar-refractivity contribution in [1.29, 1.82) is 0 Å². The molecule has 7 heteroatoms. The third kappa shape index (κ3) is 2.61. The molecule has 0 spiro atoms. The lowest BCUT2D eigenvalue weighted by molar-refractivity contribution is 0.627. The summed E-state index contributed by atoms with van der Waals surface area (Å²) in [5.41, 5.74) is 7.73. The summed E-state index contributed by atoms with van der Waals surface area (Å²) in [7, 11) is 0. The zero-order valence-electron chi connectivity index (χ0n) is 12.2. The number of benzene rings is 1. The summed E-state index contributed by atoms with van der Waals surface area (Å²) < 4.78 is 14.6. The molecule has 0 radical (unpaired) electrons. The number of aromatic nitrogens is 4. The average molecular weight is 310 g/mol. The van der Waals surface area contributed by atoms with Crippen LogP contribution in [0.1, 0.15) is 17.9 Å². The zero-order valence-corrected chi connectivity index (χ0v) is 12.2. The maximum atomic E-state index is 13.0. The van der Waals surface area contributed by atoms with Gasteiger partial charge in [-0.05, 0) is 30.2 Å². The molecule has 1 aliphatic carbocycles. The van der Waals surface area contributed by atoms with Crippen LogP contribution in [0.4, 0.5) is 15.9 Å². The fourth-order valence-corrected chi connectivity index (χ4v) is 2.69. The van der Waals surface area contributed by atoms with E-state index in [4.69, 9.17) is 5.73 Å². The van der Waals surface area contributed by atoms with Gasteiger partial charge in [0.2, 0.25) is 0 Å². The summed E-state index contributed by atoms with van der Waals surface area (Å²) in [6, 6.07) is 8.66. The maximum absolute atomic E-state index is 13.0. The molecule has 3 N–H and O–H groups in total. The minimum Gasteiger partial charge on any atom is -0.393 e. The van der Waals surface area contributed by atoms with Gasteiger partial charge in [-0.25, -0.2) is 19.0 Å². The maximum Gasteiger partial charge on any atom is 0.181 e. The van der Waals surface area contributed by atoms with E-state index in [9.17, 15) is 4.39 Å². The van der Waals surface area contributed by atoms with Gasteiger partial charge in [0.15, 0.2) is 11.6 Å². The number of halogens is 1. The van der Waals surface area contributed by atoms with Crippen LogP contribution < -0.4 is 11.1 Å². The minimum absolute atomic E-state index is 0.220. The molecular weight excluding hydrogens is 295 g/mol. The molecular formula is C16H15FN6. The third-order valence-electron chi connectivity index (χ3n) is 3.99. The first-order chi connectivity index (χ1) is 11.2. The topological polar surface area (TPSA) is 81.6 Å². The van der Waals surface area contributed by atoms with Crippen molar-refractivity contribution >= 4 is 11.5 Å². The second-order valence-corrected chi connectivity index (χ2v) is 5.55. The quantitative estimate of drug-likeness (QED) is 0.773. The number of rotatable bonds is 4. The number of nitrogens with two attached hydrogens (primary N) is 1. The first-order valence-electron chi connectivity index (χ1n) is 7.35. The Hall–Kier alpha value is -2.96. The van der Waals surface area contributed by atoms with E-state index in [-0.39, 0.29) is 11.9 Å². The summed E-state index contributed by atoms with van der Waals surface area (Å²) in [6.45, 7) is 0. The zero-order chi connectivity index (χ0) is 15.8. The van der Waals surface area contributed by atoms with Crippen LogP contribution in [0.2, 0.25) is 0 Å². The average Bonchev–Trinajstić information content (AvgIpc) is 3.10. The fourth-order valence-electron chi connectivity index (χ4n) is 2.69. The molecule has 2 heterocycles. The highest BCUT2D eigenvalue weighted by molar-refractivity contribution is 5.69. The first kappa shape index (κ1) is 13.7. The van der Waals surface area contributed by atoms with E-state index in [0.717, 1.165) is 12.0 Å². The normalized spacial score (nSPS) is 19.5. The lowest BCUT2D eigenvalue weighted by atomic mass is 10.1. The highest BCUT2D eigenvalue weighted by atomic mass is 19.1. The van der Waals surface area contributed by atoms with E-state index < -0.39 is 0 Å². The minimum atomic E-state index is -0.220. The Morgan fingerprint density at radius 3 is 2.78 bits per heavy atom. The van der Waals surface area contributed by atoms with E-state index in [1.165, 1.54) is 18.5 Å². The molecule has 0 saturated heterocycles. The summed E-state index contributed by atoms with van der Waals surface area (Å²) in [5, 5.41) is 7.48. The molecule has 4 rings (SSSR count). The lowest BCUT2D eigenvalue weighted by Gasteiger charge is -2.11. The number of anilines is 2. The van der Waals surface area contributed by atoms with Gasteiger partial charge in [-0.3, -0.25) is 0 Å². The Labute approximate surface area is 132 Å². The van der Waals surface area contributed by atoms with Crippen molar-refractivity contribution in [3.05, 3.63) is 60.4 Å². The summed E-state index contributed by atoms with van der Waals surface area (Å²) in [5.74, 6) is 1.27. The Balaban J connectivity index is 1.52. The van der Waals surface area contributed by atoms with Gasteiger partial charge in [0.25, 0.3) is 0 Å². The number of hydrogen-bond acceptors (Lipinski definition) is 5. The molecule has 1 saturated carbocycles. The van der Waals surface area contributed by atoms with Gasteiger partial charge in [0.1, 0.15) is 17.8 Å². The standard InChI is InChI=1S/C16H15FN6/c17-11-4-2-10(3-5-11)12-8-13(12)22-15-14(18)16(20-9-19-15)23-7-1-6-21-23/h1-7,9,12-13H,8,18H2,(H,19,20,22)/t12-,13+/m0/s1. The Morgan fingerprint density at radius 1 is 1.22 bits per heavy atom. The van der Waals surface area contributed by atoms with Crippen LogP contribution in [0.5, 0.6) is 0 Å². The van der Waals surface area contributed by atoms with Crippen molar-refractivity contribution in [2.75, 3.05) is 11.1 Å². The molecule has 23 heavy (non-hydrogen) atoms. The Morgan fingerprint density at radius 2 is 2.04 bits per heavy atom. The largest absolute Gasteiger partial charge is 0.393 e. The summed E-state index contributed by atoms with van der Waals surface area (Å²) >= 11 is 0. The van der Waals surface area contributed by atoms with Gasteiger partial charge in [0.05, 0.1) is 0 Å². The lowest BCUT2D eigenvalue weighted by Crippen LogP contribution is -2.12. The molecule has 0 bridgehead atoms. The number of hydrogen-bond donors (Lipinski definition) is 2. The smallest absolute Gasteiger partial charge is 0.181 e. The molecule has 0 amide bonds. The SMILES string of the molecule is Nc1c(N[C@@H]2C[C@H]2c2ccc(F)cc2)ncnc1-n1cccn1. The van der Waals surface area contributed by atoms with Crippen molar-refractivity contribution in [2.45, 2.75) is 18.4 Å². The van der Waals surface area contributed by atoms with E-state index in [1.54, 1.807) is 23.1 Å². The molecule has 0 unspecified atom stereocenters. The monoisotopic (exact) mass is 310 g/mol. The van der Waals surface area contributed by atoms with E-state index in [1.807, 2.05) is 12.1 Å². The van der Waals surface area contributed by atoms with Crippen LogP contribution >= 0.6 is 0 Å². The van der Waals surface area contributed by atoms with Crippen molar-refractivity contribution in [3.8, 4) is 5.82 Å². The molecule has 6 nitrogen and oxygen atoms in total. The third-order valence-corrected chi connectivity index (χ3v) is 3.99. The summed E-state index contributed by atoms with van der Waals surface area (Å²) in [4.78, 5) is 8.40. The molecule has 116 valence electrons. The molecule has 1 fully saturated rings. The Bertz CT molecular complexity index is 815.